The van der Waals surface area contributed by atoms with Gasteiger partial charge in [-0.2, -0.15) is 0 Å². The molecule has 1 aromatic carbocycles. The van der Waals surface area contributed by atoms with Crippen molar-refractivity contribution in [3.8, 4) is 10.4 Å². The van der Waals surface area contributed by atoms with Gasteiger partial charge in [0.2, 0.25) is 0 Å². The summed E-state index contributed by atoms with van der Waals surface area (Å²) < 4.78 is 13.9. The van der Waals surface area contributed by atoms with Crippen molar-refractivity contribution in [3.05, 3.63) is 45.6 Å². The van der Waals surface area contributed by atoms with Crippen LogP contribution in [0.5, 0.6) is 0 Å². The molecular weight excluding hydrogens is 325 g/mol. The van der Waals surface area contributed by atoms with Gasteiger partial charge in [-0.05, 0) is 55.0 Å². The van der Waals surface area contributed by atoms with E-state index in [-0.39, 0.29) is 11.2 Å². The largest absolute Gasteiger partial charge is 0.478 e. The van der Waals surface area contributed by atoms with Crippen LogP contribution in [-0.2, 0) is 19.4 Å². The van der Waals surface area contributed by atoms with E-state index in [1.165, 1.54) is 10.9 Å². The minimum Gasteiger partial charge on any atom is -0.478 e. The first kappa shape index (κ1) is 17.1. The molecule has 3 nitrogen and oxygen atoms in total. The summed E-state index contributed by atoms with van der Waals surface area (Å²) in [7, 11) is 1.76. The van der Waals surface area contributed by atoms with Gasteiger partial charge in [0.1, 0.15) is 5.82 Å². The second-order valence-corrected chi connectivity index (χ2v) is 8.30. The highest BCUT2D eigenvalue weighted by Crippen LogP contribution is 2.45. The zero-order valence-electron chi connectivity index (χ0n) is 14.2. The summed E-state index contributed by atoms with van der Waals surface area (Å²) in [6.07, 6.45) is 2.76. The van der Waals surface area contributed by atoms with E-state index in [4.69, 9.17) is 0 Å². The molecule has 128 valence electrons. The van der Waals surface area contributed by atoms with Crippen molar-refractivity contribution in [2.75, 3.05) is 7.05 Å². The molecule has 0 fully saturated rings. The molecule has 0 aliphatic heterocycles. The molecule has 1 aliphatic rings. The number of benzene rings is 1. The molecular formula is C19H22FNO2S. The van der Waals surface area contributed by atoms with Gasteiger partial charge in [-0.3, -0.25) is 0 Å². The predicted octanol–water partition coefficient (Wildman–Crippen LogP) is 4.49. The molecule has 1 aliphatic carbocycles. The first-order chi connectivity index (χ1) is 11.3. The fourth-order valence-electron chi connectivity index (χ4n) is 3.39. The van der Waals surface area contributed by atoms with E-state index in [2.05, 4.69) is 19.2 Å². The van der Waals surface area contributed by atoms with Gasteiger partial charge in [-0.15, -0.1) is 11.3 Å². The molecule has 3 rings (SSSR count). The van der Waals surface area contributed by atoms with Gasteiger partial charge in [-0.25, -0.2) is 9.18 Å². The topological polar surface area (TPSA) is 49.3 Å². The number of aromatic carboxylic acids is 1. The van der Waals surface area contributed by atoms with E-state index in [0.29, 0.717) is 17.7 Å². The zero-order chi connectivity index (χ0) is 17.5. The normalized spacial score (nSPS) is 16.0. The van der Waals surface area contributed by atoms with Crippen LogP contribution in [0.1, 0.15) is 46.6 Å². The Kier molecular flexibility index (Phi) is 4.49. The average molecular weight is 347 g/mol. The van der Waals surface area contributed by atoms with Crippen molar-refractivity contribution in [2.45, 2.75) is 39.7 Å². The molecule has 0 radical (unpaired) electrons. The van der Waals surface area contributed by atoms with Gasteiger partial charge in [0, 0.05) is 21.9 Å². The number of carboxylic acids is 1. The second-order valence-electron chi connectivity index (χ2n) is 7.19. The van der Waals surface area contributed by atoms with Crippen LogP contribution in [0.15, 0.2) is 18.2 Å². The minimum absolute atomic E-state index is 0.121. The van der Waals surface area contributed by atoms with E-state index in [0.717, 1.165) is 35.3 Å². The van der Waals surface area contributed by atoms with E-state index in [1.807, 2.05) is 0 Å². The summed E-state index contributed by atoms with van der Waals surface area (Å²) in [5, 5.41) is 12.7. The Morgan fingerprint density at radius 1 is 1.42 bits per heavy atom. The summed E-state index contributed by atoms with van der Waals surface area (Å²) >= 11 is 1.55. The number of thiophene rings is 1. The molecule has 0 saturated heterocycles. The van der Waals surface area contributed by atoms with E-state index >= 15 is 0 Å². The van der Waals surface area contributed by atoms with Crippen LogP contribution >= 0.6 is 11.3 Å². The lowest BCUT2D eigenvalue weighted by molar-refractivity contribution is 0.0696. The van der Waals surface area contributed by atoms with Crippen molar-refractivity contribution in [2.24, 2.45) is 5.41 Å². The molecule has 5 heteroatoms. The zero-order valence-corrected chi connectivity index (χ0v) is 15.0. The van der Waals surface area contributed by atoms with Gasteiger partial charge in [0.25, 0.3) is 0 Å². The molecule has 0 saturated carbocycles. The maximum absolute atomic E-state index is 13.9. The maximum Gasteiger partial charge on any atom is 0.337 e. The molecule has 0 spiro atoms. The van der Waals surface area contributed by atoms with Crippen LogP contribution < -0.4 is 5.32 Å². The number of rotatable bonds is 4. The second kappa shape index (κ2) is 6.30. The van der Waals surface area contributed by atoms with Gasteiger partial charge in [-0.1, -0.05) is 19.9 Å². The Morgan fingerprint density at radius 2 is 2.17 bits per heavy atom. The summed E-state index contributed by atoms with van der Waals surface area (Å²) in [5.74, 6) is -1.16. The molecule has 0 amide bonds. The highest BCUT2D eigenvalue weighted by Gasteiger charge is 2.33. The predicted molar refractivity (Wildman–Crippen MR) is 95.2 cm³/mol. The molecule has 0 unspecified atom stereocenters. The fraction of sp³-hybridized carbons (Fsp3) is 0.421. The number of halogens is 1. The van der Waals surface area contributed by atoms with Gasteiger partial charge < -0.3 is 10.4 Å². The van der Waals surface area contributed by atoms with Crippen LogP contribution in [0.25, 0.3) is 10.4 Å². The Hall–Kier alpha value is -1.72. The van der Waals surface area contributed by atoms with Crippen molar-refractivity contribution >= 4 is 17.3 Å². The summed E-state index contributed by atoms with van der Waals surface area (Å²) in [5.41, 5.74) is 2.84. The number of aryl methyl sites for hydroxylation is 1. The van der Waals surface area contributed by atoms with Gasteiger partial charge >= 0.3 is 5.97 Å². The first-order valence-electron chi connectivity index (χ1n) is 8.13. The Bertz CT molecular complexity index is 795. The maximum atomic E-state index is 13.9. The van der Waals surface area contributed by atoms with Crippen molar-refractivity contribution < 1.29 is 14.3 Å². The Morgan fingerprint density at radius 3 is 2.83 bits per heavy atom. The molecule has 1 aromatic heterocycles. The Balaban J connectivity index is 2.14. The highest BCUT2D eigenvalue weighted by molar-refractivity contribution is 7.16. The molecule has 2 aromatic rings. The van der Waals surface area contributed by atoms with Gasteiger partial charge in [0.05, 0.1) is 5.56 Å². The third-order valence-corrected chi connectivity index (χ3v) is 6.00. The summed E-state index contributed by atoms with van der Waals surface area (Å²) in [4.78, 5) is 13.9. The number of fused-ring (bicyclic) bond motifs is 1. The lowest BCUT2D eigenvalue weighted by Crippen LogP contribution is -2.22. The standard InChI is InChI=1S/C19H22FNO2S/c1-19(2)7-6-15-13(9-19)16(18(22)23)17(24-15)11-4-5-14(20)12(8-11)10-21-3/h4-5,8,21H,6-7,9-10H2,1-3H3,(H,22,23). The number of hydrogen-bond acceptors (Lipinski definition) is 3. The first-order valence-corrected chi connectivity index (χ1v) is 8.95. The van der Waals surface area contributed by atoms with Crippen LogP contribution in [0, 0.1) is 11.2 Å². The average Bonchev–Trinajstić information content (AvgIpc) is 2.87. The number of carbonyl (C=O) groups is 1. The SMILES string of the molecule is CNCc1cc(-c2sc3c(c2C(=O)O)CC(C)(C)CC3)ccc1F. The molecule has 1 heterocycles. The van der Waals surface area contributed by atoms with Crippen molar-refractivity contribution in [1.82, 2.24) is 5.32 Å². The lowest BCUT2D eigenvalue weighted by Gasteiger charge is -2.29. The van der Waals surface area contributed by atoms with E-state index < -0.39 is 5.97 Å². The van der Waals surface area contributed by atoms with Crippen molar-refractivity contribution in [3.63, 3.8) is 0 Å². The third-order valence-electron chi connectivity index (χ3n) is 4.66. The smallest absolute Gasteiger partial charge is 0.337 e. The van der Waals surface area contributed by atoms with Crippen LogP contribution in [0.3, 0.4) is 0 Å². The molecule has 24 heavy (non-hydrogen) atoms. The Labute approximate surface area is 145 Å². The number of hydrogen-bond donors (Lipinski definition) is 2. The monoisotopic (exact) mass is 347 g/mol. The number of carboxylic acid groups (broad SMARTS) is 1. The van der Waals surface area contributed by atoms with Crippen LogP contribution in [-0.4, -0.2) is 18.1 Å². The summed E-state index contributed by atoms with van der Waals surface area (Å²) in [6, 6.07) is 4.88. The van der Waals surface area contributed by atoms with Crippen molar-refractivity contribution in [1.29, 1.82) is 0 Å². The molecule has 0 atom stereocenters. The molecule has 2 N–H and O–H groups in total. The molecule has 0 bridgehead atoms. The highest BCUT2D eigenvalue weighted by atomic mass is 32.1. The van der Waals surface area contributed by atoms with E-state index in [9.17, 15) is 14.3 Å². The third kappa shape index (κ3) is 3.10. The van der Waals surface area contributed by atoms with Crippen LogP contribution in [0.2, 0.25) is 0 Å². The quantitative estimate of drug-likeness (QED) is 0.857. The van der Waals surface area contributed by atoms with Gasteiger partial charge in [0.15, 0.2) is 0 Å². The van der Waals surface area contributed by atoms with E-state index in [1.54, 1.807) is 30.5 Å². The minimum atomic E-state index is -0.889. The fourth-order valence-corrected chi connectivity index (χ4v) is 4.70. The van der Waals surface area contributed by atoms with Crippen LogP contribution in [0.4, 0.5) is 4.39 Å². The lowest BCUT2D eigenvalue weighted by atomic mass is 9.76. The summed E-state index contributed by atoms with van der Waals surface area (Å²) in [6.45, 7) is 4.78. The number of nitrogens with one attached hydrogen (secondary N) is 1.